The predicted molar refractivity (Wildman–Crippen MR) is 124 cm³/mol. The highest BCUT2D eigenvalue weighted by molar-refractivity contribution is 7.15. The van der Waals surface area contributed by atoms with Gasteiger partial charge in [0.1, 0.15) is 5.75 Å². The van der Waals surface area contributed by atoms with Gasteiger partial charge in [-0.3, -0.25) is 4.79 Å². The van der Waals surface area contributed by atoms with Crippen LogP contribution in [0.5, 0.6) is 5.75 Å². The van der Waals surface area contributed by atoms with Crippen LogP contribution in [0, 0.1) is 20.8 Å². The van der Waals surface area contributed by atoms with Gasteiger partial charge in [0.15, 0.2) is 0 Å². The molecule has 0 bridgehead atoms. The Kier molecular flexibility index (Phi) is 6.18. The molecule has 30 heavy (non-hydrogen) atoms. The molecule has 2 aromatic carbocycles. The average molecular weight is 421 g/mol. The molecule has 5 heteroatoms. The third-order valence-electron chi connectivity index (χ3n) is 5.79. The van der Waals surface area contributed by atoms with Crippen molar-refractivity contribution in [3.05, 3.63) is 64.3 Å². The Morgan fingerprint density at radius 1 is 1.17 bits per heavy atom. The Hall–Kier alpha value is -2.66. The largest absolute Gasteiger partial charge is 0.493 e. The fourth-order valence-corrected chi connectivity index (χ4v) is 4.85. The van der Waals surface area contributed by atoms with E-state index in [4.69, 9.17) is 4.74 Å². The van der Waals surface area contributed by atoms with Gasteiger partial charge in [-0.2, -0.15) is 0 Å². The first-order chi connectivity index (χ1) is 14.5. The van der Waals surface area contributed by atoms with Crippen molar-refractivity contribution in [1.82, 2.24) is 4.98 Å². The minimum absolute atomic E-state index is 0.179. The summed E-state index contributed by atoms with van der Waals surface area (Å²) in [5, 5.41) is 1.06. The van der Waals surface area contributed by atoms with E-state index in [-0.39, 0.29) is 5.91 Å². The van der Waals surface area contributed by atoms with E-state index in [0.29, 0.717) is 19.4 Å². The summed E-state index contributed by atoms with van der Waals surface area (Å²) in [4.78, 5) is 20.6. The summed E-state index contributed by atoms with van der Waals surface area (Å²) >= 11 is 1.71. The van der Waals surface area contributed by atoms with E-state index >= 15 is 0 Å². The fraction of sp³-hybridized carbons (Fsp3) is 0.360. The van der Waals surface area contributed by atoms with E-state index in [2.05, 4.69) is 43.1 Å². The lowest BCUT2D eigenvalue weighted by Gasteiger charge is -2.31. The lowest BCUT2D eigenvalue weighted by Crippen LogP contribution is -2.35. The van der Waals surface area contributed by atoms with E-state index < -0.39 is 0 Å². The molecule has 0 N–H and O–H groups in total. The zero-order valence-electron chi connectivity index (χ0n) is 17.9. The molecule has 1 aliphatic rings. The lowest BCUT2D eigenvalue weighted by molar-refractivity contribution is -0.118. The van der Waals surface area contributed by atoms with Crippen molar-refractivity contribution in [2.45, 2.75) is 46.5 Å². The van der Waals surface area contributed by atoms with Gasteiger partial charge in [-0.25, -0.2) is 4.98 Å². The van der Waals surface area contributed by atoms with Gasteiger partial charge < -0.3 is 9.64 Å². The highest BCUT2D eigenvalue weighted by atomic mass is 32.1. The molecule has 0 saturated heterocycles. The molecule has 2 heterocycles. The van der Waals surface area contributed by atoms with Crippen LogP contribution in [0.15, 0.2) is 42.6 Å². The predicted octanol–water partition coefficient (Wildman–Crippen LogP) is 5.87. The molecular weight excluding hydrogens is 392 g/mol. The van der Waals surface area contributed by atoms with Gasteiger partial charge in [0, 0.05) is 24.8 Å². The smallest absolute Gasteiger partial charge is 0.227 e. The Balaban J connectivity index is 1.42. The van der Waals surface area contributed by atoms with Crippen molar-refractivity contribution in [1.29, 1.82) is 0 Å². The number of hydrogen-bond donors (Lipinski definition) is 0. The Morgan fingerprint density at radius 3 is 2.80 bits per heavy atom. The topological polar surface area (TPSA) is 42.4 Å². The van der Waals surface area contributed by atoms with Crippen molar-refractivity contribution >= 4 is 22.9 Å². The van der Waals surface area contributed by atoms with Gasteiger partial charge in [-0.1, -0.05) is 24.3 Å². The molecule has 156 valence electrons. The van der Waals surface area contributed by atoms with Gasteiger partial charge in [0.2, 0.25) is 5.91 Å². The van der Waals surface area contributed by atoms with Crippen LogP contribution in [0.1, 0.15) is 41.0 Å². The molecular formula is C25H28N2O2S. The molecule has 0 atom stereocenters. The second kappa shape index (κ2) is 9.00. The second-order valence-electron chi connectivity index (χ2n) is 7.85. The summed E-state index contributed by atoms with van der Waals surface area (Å²) in [5.41, 5.74) is 5.94. The number of anilines is 1. The fourth-order valence-electron chi connectivity index (χ4n) is 4.02. The quantitative estimate of drug-likeness (QED) is 0.468. The number of hydrogen-bond acceptors (Lipinski definition) is 4. The maximum absolute atomic E-state index is 13.0. The highest BCUT2D eigenvalue weighted by Crippen LogP contribution is 2.37. The summed E-state index contributed by atoms with van der Waals surface area (Å²) < 4.78 is 5.93. The normalized spacial score (nSPS) is 13.2. The summed E-state index contributed by atoms with van der Waals surface area (Å²) in [5.74, 6) is 1.09. The molecule has 0 unspecified atom stereocenters. The van der Waals surface area contributed by atoms with Gasteiger partial charge in [-0.05, 0) is 74.4 Å². The van der Waals surface area contributed by atoms with E-state index in [1.165, 1.54) is 27.1 Å². The maximum atomic E-state index is 13.0. The zero-order chi connectivity index (χ0) is 21.1. The highest BCUT2D eigenvalue weighted by Gasteiger charge is 2.24. The minimum Gasteiger partial charge on any atom is -0.493 e. The van der Waals surface area contributed by atoms with Crippen molar-refractivity contribution in [3.8, 4) is 16.2 Å². The number of benzene rings is 2. The molecule has 0 aliphatic carbocycles. The van der Waals surface area contributed by atoms with Crippen LogP contribution in [0.2, 0.25) is 0 Å². The van der Waals surface area contributed by atoms with Crippen LogP contribution in [0.4, 0.5) is 5.69 Å². The Morgan fingerprint density at radius 2 is 2.00 bits per heavy atom. The van der Waals surface area contributed by atoms with Crippen LogP contribution < -0.4 is 9.64 Å². The first-order valence-corrected chi connectivity index (χ1v) is 11.4. The number of thiazole rings is 1. The number of fused-ring (bicyclic) bond motifs is 1. The maximum Gasteiger partial charge on any atom is 0.227 e. The lowest BCUT2D eigenvalue weighted by atomic mass is 9.95. The van der Waals surface area contributed by atoms with Crippen LogP contribution in [0.3, 0.4) is 0 Å². The molecule has 1 aromatic heterocycles. The SMILES string of the molecule is Cc1ncc(-c2cccc3c2CCCN3C(=O)CCCOc2cccc(C)c2C)s1. The number of ether oxygens (including phenoxy) is 1. The summed E-state index contributed by atoms with van der Waals surface area (Å²) in [6.45, 7) is 7.52. The standard InChI is InChI=1S/C25H28N2O2S/c1-17-8-4-12-23(18(17)2)29-15-7-13-25(28)27-14-6-10-20-21(9-5-11-22(20)27)24-16-26-19(3)30-24/h4-5,8-9,11-12,16H,6-7,10,13-15H2,1-3H3. The summed E-state index contributed by atoms with van der Waals surface area (Å²) in [6.07, 6.45) is 5.15. The number of carbonyl (C=O) groups is 1. The molecule has 1 aliphatic heterocycles. The number of aryl methyl sites for hydroxylation is 2. The average Bonchev–Trinajstić information content (AvgIpc) is 3.19. The zero-order valence-corrected chi connectivity index (χ0v) is 18.7. The third kappa shape index (κ3) is 4.26. The first-order valence-electron chi connectivity index (χ1n) is 10.6. The van der Waals surface area contributed by atoms with Crippen molar-refractivity contribution in [2.24, 2.45) is 0 Å². The third-order valence-corrected chi connectivity index (χ3v) is 6.73. The molecule has 4 nitrogen and oxygen atoms in total. The van der Waals surface area contributed by atoms with Gasteiger partial charge in [-0.15, -0.1) is 11.3 Å². The van der Waals surface area contributed by atoms with E-state index in [1.54, 1.807) is 11.3 Å². The van der Waals surface area contributed by atoms with Crippen molar-refractivity contribution < 1.29 is 9.53 Å². The van der Waals surface area contributed by atoms with Crippen molar-refractivity contribution in [2.75, 3.05) is 18.1 Å². The minimum atomic E-state index is 0.179. The molecule has 0 spiro atoms. The van der Waals surface area contributed by atoms with Crippen LogP contribution >= 0.6 is 11.3 Å². The summed E-state index contributed by atoms with van der Waals surface area (Å²) in [6, 6.07) is 12.4. The van der Waals surface area contributed by atoms with Crippen LogP contribution in [0.25, 0.3) is 10.4 Å². The second-order valence-corrected chi connectivity index (χ2v) is 9.08. The van der Waals surface area contributed by atoms with Crippen molar-refractivity contribution in [3.63, 3.8) is 0 Å². The number of carbonyl (C=O) groups excluding carboxylic acids is 1. The molecule has 0 saturated carbocycles. The van der Waals surface area contributed by atoms with Gasteiger partial charge in [0.25, 0.3) is 0 Å². The van der Waals surface area contributed by atoms with Crippen LogP contribution in [-0.4, -0.2) is 24.0 Å². The molecule has 4 rings (SSSR count). The van der Waals surface area contributed by atoms with Gasteiger partial charge >= 0.3 is 0 Å². The molecule has 0 radical (unpaired) electrons. The summed E-state index contributed by atoms with van der Waals surface area (Å²) in [7, 11) is 0. The monoisotopic (exact) mass is 420 g/mol. The Labute approximate surface area is 182 Å². The number of aromatic nitrogens is 1. The number of rotatable bonds is 6. The molecule has 1 amide bonds. The van der Waals surface area contributed by atoms with E-state index in [1.807, 2.05) is 30.2 Å². The molecule has 0 fully saturated rings. The first kappa shape index (κ1) is 20.6. The van der Waals surface area contributed by atoms with Gasteiger partial charge in [0.05, 0.1) is 16.5 Å². The van der Waals surface area contributed by atoms with E-state index in [0.717, 1.165) is 35.8 Å². The number of amides is 1. The molecule has 3 aromatic rings. The van der Waals surface area contributed by atoms with Crippen LogP contribution in [-0.2, 0) is 11.2 Å². The Bertz CT molecular complexity index is 1060. The number of nitrogens with zero attached hydrogens (tertiary/aromatic N) is 2. The van der Waals surface area contributed by atoms with E-state index in [9.17, 15) is 4.79 Å².